The van der Waals surface area contributed by atoms with E-state index in [1.165, 1.54) is 47.1 Å². The van der Waals surface area contributed by atoms with E-state index in [2.05, 4.69) is 40.7 Å². The fourth-order valence-electron chi connectivity index (χ4n) is 5.51. The first-order valence-corrected chi connectivity index (χ1v) is 10.2. The predicted octanol–water partition coefficient (Wildman–Crippen LogP) is 5.23. The summed E-state index contributed by atoms with van der Waals surface area (Å²) in [6.45, 7) is 11.2. The standard InChI is InChI=1S/C23H30N2O2/c1-11(2)8-15-9-13(4)16-7-6-12(3)19-21(16)20(15)14(5)22-23(19)27-18(25-22)10-17(24)26/h8,12-13,15-16H,6-7,9-10H2,1-5H3,(H2,24,26)/t12-,13-,15+,16+/m0/s1. The van der Waals surface area contributed by atoms with Crippen molar-refractivity contribution in [2.75, 3.05) is 0 Å². The van der Waals surface area contributed by atoms with Crippen LogP contribution in [0.15, 0.2) is 16.1 Å². The Bertz CT molecular complexity index is 949. The van der Waals surface area contributed by atoms with Gasteiger partial charge in [0.1, 0.15) is 11.9 Å². The molecule has 2 N–H and O–H groups in total. The molecule has 144 valence electrons. The molecule has 2 aliphatic carbocycles. The number of fused-ring (bicyclic) bond motifs is 2. The molecule has 0 bridgehead atoms. The first kappa shape index (κ1) is 18.3. The summed E-state index contributed by atoms with van der Waals surface area (Å²) in [5.74, 6) is 2.18. The Labute approximate surface area is 161 Å². The van der Waals surface area contributed by atoms with Gasteiger partial charge in [0, 0.05) is 11.5 Å². The van der Waals surface area contributed by atoms with Gasteiger partial charge in [-0.2, -0.15) is 0 Å². The Hall–Kier alpha value is -2.10. The van der Waals surface area contributed by atoms with Gasteiger partial charge in [0.2, 0.25) is 11.8 Å². The zero-order chi connectivity index (χ0) is 19.5. The van der Waals surface area contributed by atoms with Crippen molar-refractivity contribution < 1.29 is 9.21 Å². The summed E-state index contributed by atoms with van der Waals surface area (Å²) in [5.41, 5.74) is 14.1. The molecule has 4 atom stereocenters. The molecule has 2 aromatic rings. The molecule has 1 aromatic carbocycles. The van der Waals surface area contributed by atoms with E-state index in [-0.39, 0.29) is 6.42 Å². The molecule has 0 unspecified atom stereocenters. The van der Waals surface area contributed by atoms with Crippen molar-refractivity contribution in [3.63, 3.8) is 0 Å². The first-order valence-electron chi connectivity index (χ1n) is 10.2. The summed E-state index contributed by atoms with van der Waals surface area (Å²) in [5, 5.41) is 0. The summed E-state index contributed by atoms with van der Waals surface area (Å²) in [6, 6.07) is 0. The number of rotatable bonds is 3. The van der Waals surface area contributed by atoms with Crippen LogP contribution in [0, 0.1) is 12.8 Å². The highest BCUT2D eigenvalue weighted by atomic mass is 16.3. The average Bonchev–Trinajstić information content (AvgIpc) is 2.96. The van der Waals surface area contributed by atoms with Crippen LogP contribution in [0.1, 0.15) is 92.9 Å². The fourth-order valence-corrected chi connectivity index (χ4v) is 5.51. The van der Waals surface area contributed by atoms with E-state index in [0.717, 1.165) is 11.1 Å². The Morgan fingerprint density at radius 2 is 1.96 bits per heavy atom. The van der Waals surface area contributed by atoms with Gasteiger partial charge in [-0.25, -0.2) is 4.98 Å². The van der Waals surface area contributed by atoms with Gasteiger partial charge in [0.05, 0.1) is 0 Å². The Balaban J connectivity index is 2.05. The molecule has 0 saturated carbocycles. The van der Waals surface area contributed by atoms with E-state index in [1.54, 1.807) is 0 Å². The lowest BCUT2D eigenvalue weighted by Crippen LogP contribution is -2.28. The van der Waals surface area contributed by atoms with Gasteiger partial charge < -0.3 is 10.2 Å². The smallest absolute Gasteiger partial charge is 0.226 e. The third-order valence-corrected chi connectivity index (χ3v) is 6.57. The molecular formula is C23H30N2O2. The van der Waals surface area contributed by atoms with Gasteiger partial charge in [0.25, 0.3) is 0 Å². The van der Waals surface area contributed by atoms with Crippen molar-refractivity contribution in [3.05, 3.63) is 39.8 Å². The average molecular weight is 367 g/mol. The van der Waals surface area contributed by atoms with E-state index < -0.39 is 5.91 Å². The lowest BCUT2D eigenvalue weighted by molar-refractivity contribution is -0.117. The van der Waals surface area contributed by atoms with E-state index in [0.29, 0.717) is 29.6 Å². The van der Waals surface area contributed by atoms with Gasteiger partial charge in [-0.05, 0) is 74.5 Å². The van der Waals surface area contributed by atoms with Crippen molar-refractivity contribution in [3.8, 4) is 0 Å². The zero-order valence-corrected chi connectivity index (χ0v) is 17.1. The normalized spacial score (nSPS) is 26.7. The molecule has 2 aliphatic rings. The van der Waals surface area contributed by atoms with Crippen LogP contribution in [-0.2, 0) is 11.2 Å². The lowest BCUT2D eigenvalue weighted by Gasteiger charge is -2.42. The second-order valence-electron chi connectivity index (χ2n) is 8.94. The summed E-state index contributed by atoms with van der Waals surface area (Å²) < 4.78 is 6.12. The maximum atomic E-state index is 11.4. The predicted molar refractivity (Wildman–Crippen MR) is 108 cm³/mol. The summed E-state index contributed by atoms with van der Waals surface area (Å²) in [6.07, 6.45) is 6.10. The van der Waals surface area contributed by atoms with Crippen molar-refractivity contribution in [2.24, 2.45) is 11.7 Å². The number of amides is 1. The number of benzene rings is 1. The largest absolute Gasteiger partial charge is 0.440 e. The highest BCUT2D eigenvalue weighted by Crippen LogP contribution is 2.55. The van der Waals surface area contributed by atoms with E-state index in [1.807, 2.05) is 0 Å². The van der Waals surface area contributed by atoms with Crippen LogP contribution in [-0.4, -0.2) is 10.9 Å². The number of primary amides is 1. The van der Waals surface area contributed by atoms with Gasteiger partial charge in [-0.1, -0.05) is 25.5 Å². The van der Waals surface area contributed by atoms with E-state index >= 15 is 0 Å². The minimum absolute atomic E-state index is 0.0594. The van der Waals surface area contributed by atoms with Crippen LogP contribution in [0.4, 0.5) is 0 Å². The number of carbonyl (C=O) groups is 1. The molecule has 1 amide bonds. The molecule has 0 fully saturated rings. The second kappa shape index (κ2) is 6.50. The summed E-state index contributed by atoms with van der Waals surface area (Å²) >= 11 is 0. The number of aromatic nitrogens is 1. The van der Waals surface area contributed by atoms with Crippen molar-refractivity contribution in [1.82, 2.24) is 4.98 Å². The highest BCUT2D eigenvalue weighted by Gasteiger charge is 2.40. The third kappa shape index (κ3) is 2.90. The molecule has 4 heteroatoms. The molecule has 1 heterocycles. The third-order valence-electron chi connectivity index (χ3n) is 6.57. The van der Waals surface area contributed by atoms with Crippen LogP contribution >= 0.6 is 0 Å². The molecule has 0 radical (unpaired) electrons. The fraction of sp³-hybridized carbons (Fsp3) is 0.565. The van der Waals surface area contributed by atoms with Crippen LogP contribution in [0.5, 0.6) is 0 Å². The molecular weight excluding hydrogens is 336 g/mol. The number of carbonyl (C=O) groups excluding carboxylic acids is 1. The molecule has 0 aliphatic heterocycles. The number of hydrogen-bond acceptors (Lipinski definition) is 3. The number of nitrogens with zero attached hydrogens (tertiary/aromatic N) is 1. The van der Waals surface area contributed by atoms with E-state index in [4.69, 9.17) is 15.1 Å². The number of hydrogen-bond donors (Lipinski definition) is 1. The molecule has 4 nitrogen and oxygen atoms in total. The second-order valence-corrected chi connectivity index (χ2v) is 8.94. The number of aryl methyl sites for hydroxylation is 1. The van der Waals surface area contributed by atoms with Gasteiger partial charge in [0.15, 0.2) is 5.58 Å². The van der Waals surface area contributed by atoms with Gasteiger partial charge in [-0.15, -0.1) is 0 Å². The minimum atomic E-state index is -0.403. The maximum Gasteiger partial charge on any atom is 0.226 e. The maximum absolute atomic E-state index is 11.4. The van der Waals surface area contributed by atoms with Crippen LogP contribution < -0.4 is 5.73 Å². The topological polar surface area (TPSA) is 69.1 Å². The van der Waals surface area contributed by atoms with Crippen molar-refractivity contribution in [2.45, 2.75) is 78.1 Å². The molecule has 4 rings (SSSR count). The quantitative estimate of drug-likeness (QED) is 0.756. The molecule has 27 heavy (non-hydrogen) atoms. The van der Waals surface area contributed by atoms with Crippen molar-refractivity contribution >= 4 is 17.0 Å². The SMILES string of the molecule is CC(C)=C[C@@H]1C[C@H](C)[C@H]2CC[C@H](C)c3c2c1c(C)c1nc(CC(N)=O)oc31. The lowest BCUT2D eigenvalue weighted by atomic mass is 9.62. The monoisotopic (exact) mass is 366 g/mol. The highest BCUT2D eigenvalue weighted by molar-refractivity contribution is 5.86. The number of allylic oxidation sites excluding steroid dienone is 2. The number of nitrogens with two attached hydrogens (primary N) is 1. The van der Waals surface area contributed by atoms with Crippen LogP contribution in [0.3, 0.4) is 0 Å². The first-order chi connectivity index (χ1) is 12.8. The minimum Gasteiger partial charge on any atom is -0.440 e. The zero-order valence-electron chi connectivity index (χ0n) is 17.1. The molecule has 0 spiro atoms. The number of oxazole rings is 1. The van der Waals surface area contributed by atoms with Gasteiger partial charge >= 0.3 is 0 Å². The summed E-state index contributed by atoms with van der Waals surface area (Å²) in [4.78, 5) is 16.1. The molecule has 0 saturated heterocycles. The van der Waals surface area contributed by atoms with Gasteiger partial charge in [-0.3, -0.25) is 4.79 Å². The van der Waals surface area contributed by atoms with E-state index in [9.17, 15) is 4.79 Å². The van der Waals surface area contributed by atoms with Crippen LogP contribution in [0.25, 0.3) is 11.1 Å². The molecule has 1 aromatic heterocycles. The Kier molecular flexibility index (Phi) is 4.40. The summed E-state index contributed by atoms with van der Waals surface area (Å²) in [7, 11) is 0. The Morgan fingerprint density at radius 3 is 2.63 bits per heavy atom. The van der Waals surface area contributed by atoms with Crippen molar-refractivity contribution in [1.29, 1.82) is 0 Å². The van der Waals surface area contributed by atoms with Crippen LogP contribution in [0.2, 0.25) is 0 Å². The Morgan fingerprint density at radius 1 is 1.22 bits per heavy atom.